The number of amides is 1. The molecule has 0 aliphatic carbocycles. The standard InChI is InChI=1S/C13H26BrNO/c1-6-7-11(14)9-15-12(16)8-10(2)13(3,4)5/h10-11H,6-9H2,1-5H3,(H,15,16). The molecule has 0 spiro atoms. The molecule has 96 valence electrons. The molecule has 0 aromatic carbocycles. The predicted molar refractivity (Wildman–Crippen MR) is 73.9 cm³/mol. The Morgan fingerprint density at radius 1 is 1.38 bits per heavy atom. The minimum absolute atomic E-state index is 0.169. The molecule has 3 heteroatoms. The van der Waals surface area contributed by atoms with Crippen LogP contribution in [-0.2, 0) is 4.79 Å². The molecule has 0 fully saturated rings. The molecule has 0 heterocycles. The normalized spacial score (nSPS) is 15.6. The van der Waals surface area contributed by atoms with Crippen molar-refractivity contribution in [1.29, 1.82) is 0 Å². The van der Waals surface area contributed by atoms with Gasteiger partial charge in [-0.25, -0.2) is 0 Å². The monoisotopic (exact) mass is 291 g/mol. The fourth-order valence-corrected chi connectivity index (χ4v) is 1.92. The van der Waals surface area contributed by atoms with Crippen LogP contribution in [0.15, 0.2) is 0 Å². The van der Waals surface area contributed by atoms with Gasteiger partial charge >= 0.3 is 0 Å². The van der Waals surface area contributed by atoms with E-state index in [0.717, 1.165) is 19.4 Å². The van der Waals surface area contributed by atoms with Crippen molar-refractivity contribution in [3.63, 3.8) is 0 Å². The number of halogens is 1. The molecule has 16 heavy (non-hydrogen) atoms. The van der Waals surface area contributed by atoms with Crippen molar-refractivity contribution in [2.45, 2.75) is 58.7 Å². The third-order valence-corrected chi connectivity index (χ3v) is 3.87. The average molecular weight is 292 g/mol. The molecular formula is C13H26BrNO. The Hall–Kier alpha value is -0.0500. The Bertz CT molecular complexity index is 210. The van der Waals surface area contributed by atoms with Gasteiger partial charge in [0.05, 0.1) is 0 Å². The number of nitrogens with one attached hydrogen (secondary N) is 1. The van der Waals surface area contributed by atoms with Crippen LogP contribution in [0.5, 0.6) is 0 Å². The fraction of sp³-hybridized carbons (Fsp3) is 0.923. The molecule has 1 N–H and O–H groups in total. The summed E-state index contributed by atoms with van der Waals surface area (Å²) >= 11 is 3.56. The average Bonchev–Trinajstić information content (AvgIpc) is 2.13. The van der Waals surface area contributed by atoms with Gasteiger partial charge in [-0.15, -0.1) is 0 Å². The van der Waals surface area contributed by atoms with Crippen molar-refractivity contribution in [3.05, 3.63) is 0 Å². The van der Waals surface area contributed by atoms with Crippen LogP contribution >= 0.6 is 15.9 Å². The van der Waals surface area contributed by atoms with Gasteiger partial charge in [-0.3, -0.25) is 4.79 Å². The first-order valence-corrected chi connectivity index (χ1v) is 7.09. The molecule has 0 saturated heterocycles. The van der Waals surface area contributed by atoms with Crippen molar-refractivity contribution in [3.8, 4) is 0 Å². The van der Waals surface area contributed by atoms with E-state index in [1.165, 1.54) is 0 Å². The zero-order chi connectivity index (χ0) is 12.8. The number of hydrogen-bond acceptors (Lipinski definition) is 1. The smallest absolute Gasteiger partial charge is 0.220 e. The van der Waals surface area contributed by atoms with Crippen LogP contribution in [-0.4, -0.2) is 17.3 Å². The van der Waals surface area contributed by atoms with E-state index in [1.54, 1.807) is 0 Å². The topological polar surface area (TPSA) is 29.1 Å². The Kier molecular flexibility index (Phi) is 7.29. The van der Waals surface area contributed by atoms with E-state index < -0.39 is 0 Å². The molecular weight excluding hydrogens is 266 g/mol. The summed E-state index contributed by atoms with van der Waals surface area (Å²) in [4.78, 5) is 12.1. The lowest BCUT2D eigenvalue weighted by molar-refractivity contribution is -0.122. The van der Waals surface area contributed by atoms with Crippen LogP contribution in [0.25, 0.3) is 0 Å². The number of rotatable bonds is 6. The van der Waals surface area contributed by atoms with Crippen LogP contribution in [0.1, 0.15) is 53.9 Å². The van der Waals surface area contributed by atoms with Crippen LogP contribution in [0.2, 0.25) is 0 Å². The SMILES string of the molecule is CCCC(Br)CNC(=O)CC(C)C(C)(C)C. The Balaban J connectivity index is 3.83. The molecule has 0 radical (unpaired) electrons. The number of carbonyl (C=O) groups is 1. The Labute approximate surface area is 109 Å². The van der Waals surface area contributed by atoms with Crippen molar-refractivity contribution in [2.24, 2.45) is 11.3 Å². The maximum atomic E-state index is 11.7. The quantitative estimate of drug-likeness (QED) is 0.742. The molecule has 2 atom stereocenters. The van der Waals surface area contributed by atoms with Crippen molar-refractivity contribution >= 4 is 21.8 Å². The van der Waals surface area contributed by atoms with Gasteiger partial charge in [0.25, 0.3) is 0 Å². The van der Waals surface area contributed by atoms with Crippen molar-refractivity contribution < 1.29 is 4.79 Å². The minimum atomic E-state index is 0.169. The summed E-state index contributed by atoms with van der Waals surface area (Å²) in [6, 6.07) is 0. The lowest BCUT2D eigenvalue weighted by Gasteiger charge is -2.26. The van der Waals surface area contributed by atoms with E-state index in [0.29, 0.717) is 17.2 Å². The molecule has 0 aliphatic rings. The molecule has 0 saturated carbocycles. The summed E-state index contributed by atoms with van der Waals surface area (Å²) in [5, 5.41) is 2.98. The lowest BCUT2D eigenvalue weighted by Crippen LogP contribution is -2.32. The maximum Gasteiger partial charge on any atom is 0.220 e. The highest BCUT2D eigenvalue weighted by atomic mass is 79.9. The van der Waals surface area contributed by atoms with Crippen LogP contribution < -0.4 is 5.32 Å². The predicted octanol–water partition coefficient (Wildman–Crippen LogP) is 3.74. The second-order valence-electron chi connectivity index (χ2n) is 5.66. The molecule has 0 bridgehead atoms. The van der Waals surface area contributed by atoms with Gasteiger partial charge in [-0.05, 0) is 17.8 Å². The highest BCUT2D eigenvalue weighted by molar-refractivity contribution is 9.09. The zero-order valence-electron chi connectivity index (χ0n) is 11.3. The molecule has 2 nitrogen and oxygen atoms in total. The Morgan fingerprint density at radius 2 is 1.94 bits per heavy atom. The van der Waals surface area contributed by atoms with Crippen molar-refractivity contribution in [2.75, 3.05) is 6.54 Å². The lowest BCUT2D eigenvalue weighted by atomic mass is 9.80. The zero-order valence-corrected chi connectivity index (χ0v) is 12.9. The van der Waals surface area contributed by atoms with E-state index in [4.69, 9.17) is 0 Å². The first kappa shape index (κ1) is 16.0. The van der Waals surface area contributed by atoms with E-state index in [1.807, 2.05) is 0 Å². The van der Waals surface area contributed by atoms with Gasteiger partial charge in [0.2, 0.25) is 5.91 Å². The number of carbonyl (C=O) groups excluding carboxylic acids is 1. The summed E-state index contributed by atoms with van der Waals surface area (Å²) in [5.74, 6) is 0.579. The molecule has 0 aromatic heterocycles. The third kappa shape index (κ3) is 7.26. The van der Waals surface area contributed by atoms with E-state index in [-0.39, 0.29) is 11.3 Å². The second kappa shape index (κ2) is 7.31. The van der Waals surface area contributed by atoms with E-state index in [2.05, 4.69) is 55.9 Å². The number of hydrogen-bond donors (Lipinski definition) is 1. The van der Waals surface area contributed by atoms with Gasteiger partial charge in [0.1, 0.15) is 0 Å². The molecule has 0 aliphatic heterocycles. The van der Waals surface area contributed by atoms with Gasteiger partial charge in [0.15, 0.2) is 0 Å². The van der Waals surface area contributed by atoms with Crippen LogP contribution in [0.4, 0.5) is 0 Å². The minimum Gasteiger partial charge on any atom is -0.355 e. The van der Waals surface area contributed by atoms with E-state index >= 15 is 0 Å². The molecule has 0 rings (SSSR count). The summed E-state index contributed by atoms with van der Waals surface area (Å²) in [6.07, 6.45) is 2.87. The highest BCUT2D eigenvalue weighted by Gasteiger charge is 2.22. The molecule has 2 unspecified atom stereocenters. The highest BCUT2D eigenvalue weighted by Crippen LogP contribution is 2.27. The fourth-order valence-electron chi connectivity index (χ4n) is 1.30. The molecule has 1 amide bonds. The van der Waals surface area contributed by atoms with Gasteiger partial charge < -0.3 is 5.32 Å². The number of alkyl halides is 1. The first-order chi connectivity index (χ1) is 7.27. The first-order valence-electron chi connectivity index (χ1n) is 6.18. The summed E-state index contributed by atoms with van der Waals surface area (Å²) < 4.78 is 0. The van der Waals surface area contributed by atoms with E-state index in [9.17, 15) is 4.79 Å². The van der Waals surface area contributed by atoms with Crippen molar-refractivity contribution in [1.82, 2.24) is 5.32 Å². The largest absolute Gasteiger partial charge is 0.355 e. The summed E-state index contributed by atoms with van der Waals surface area (Å²) in [5.41, 5.74) is 0.203. The van der Waals surface area contributed by atoms with Crippen LogP contribution in [0, 0.1) is 11.3 Å². The maximum absolute atomic E-state index is 11.7. The van der Waals surface area contributed by atoms with Gasteiger partial charge in [-0.2, -0.15) is 0 Å². The summed E-state index contributed by atoms with van der Waals surface area (Å²) in [7, 11) is 0. The van der Waals surface area contributed by atoms with Crippen LogP contribution in [0.3, 0.4) is 0 Å². The second-order valence-corrected chi connectivity index (χ2v) is 6.96. The van der Waals surface area contributed by atoms with Gasteiger partial charge in [0, 0.05) is 17.8 Å². The Morgan fingerprint density at radius 3 is 2.38 bits per heavy atom. The molecule has 0 aromatic rings. The third-order valence-electron chi connectivity index (χ3n) is 3.09. The summed E-state index contributed by atoms with van der Waals surface area (Å²) in [6.45, 7) is 11.6. The van der Waals surface area contributed by atoms with Gasteiger partial charge in [-0.1, -0.05) is 57.0 Å².